The van der Waals surface area contributed by atoms with Gasteiger partial charge in [0.15, 0.2) is 0 Å². The second-order valence-electron chi connectivity index (χ2n) is 3.65. The SMILES string of the molecule is C=CCCC.CC(C)C=C1CC1. The van der Waals surface area contributed by atoms with Crippen LogP contribution < -0.4 is 0 Å². The quantitative estimate of drug-likeness (QED) is 0.547. The zero-order valence-corrected chi connectivity index (χ0v) is 8.77. The van der Waals surface area contributed by atoms with Gasteiger partial charge in [-0.05, 0) is 25.2 Å². The smallest absolute Gasteiger partial charge is 0.0283 e. The zero-order chi connectivity index (χ0) is 9.40. The van der Waals surface area contributed by atoms with Crippen LogP contribution in [0.25, 0.3) is 0 Å². The predicted molar refractivity (Wildman–Crippen MR) is 57.3 cm³/mol. The predicted octanol–water partition coefficient (Wildman–Crippen LogP) is 4.34. The average Bonchev–Trinajstić information content (AvgIpc) is 2.73. The molecule has 1 aliphatic rings. The monoisotopic (exact) mass is 166 g/mol. The van der Waals surface area contributed by atoms with Crippen molar-refractivity contribution in [1.82, 2.24) is 0 Å². The number of unbranched alkanes of at least 4 members (excludes halogenated alkanes) is 1. The summed E-state index contributed by atoms with van der Waals surface area (Å²) in [7, 11) is 0. The average molecular weight is 166 g/mol. The second-order valence-corrected chi connectivity index (χ2v) is 3.65. The van der Waals surface area contributed by atoms with Gasteiger partial charge in [0.25, 0.3) is 0 Å². The lowest BCUT2D eigenvalue weighted by atomic mass is 10.2. The van der Waals surface area contributed by atoms with E-state index in [2.05, 4.69) is 33.4 Å². The third-order valence-electron chi connectivity index (χ3n) is 1.60. The molecule has 1 rings (SSSR count). The third kappa shape index (κ3) is 9.48. The second kappa shape index (κ2) is 7.15. The highest BCUT2D eigenvalue weighted by Crippen LogP contribution is 2.28. The van der Waals surface area contributed by atoms with E-state index in [1.54, 1.807) is 5.57 Å². The molecule has 0 radical (unpaired) electrons. The molecule has 0 aromatic carbocycles. The summed E-state index contributed by atoms with van der Waals surface area (Å²) >= 11 is 0. The Kier molecular flexibility index (Phi) is 6.84. The van der Waals surface area contributed by atoms with E-state index in [-0.39, 0.29) is 0 Å². The van der Waals surface area contributed by atoms with Gasteiger partial charge in [-0.3, -0.25) is 0 Å². The van der Waals surface area contributed by atoms with E-state index in [0.29, 0.717) is 0 Å². The summed E-state index contributed by atoms with van der Waals surface area (Å²) in [5.74, 6) is 0.775. The molecule has 0 amide bonds. The Balaban J connectivity index is 0.000000217. The highest BCUT2D eigenvalue weighted by atomic mass is 14.2. The Morgan fingerprint density at radius 2 is 2.00 bits per heavy atom. The largest absolute Gasteiger partial charge is 0.103 e. The first-order valence-corrected chi connectivity index (χ1v) is 5.01. The van der Waals surface area contributed by atoms with E-state index in [9.17, 15) is 0 Å². The first kappa shape index (κ1) is 11.5. The van der Waals surface area contributed by atoms with Crippen LogP contribution in [0.2, 0.25) is 0 Å². The number of hydrogen-bond acceptors (Lipinski definition) is 0. The van der Waals surface area contributed by atoms with Gasteiger partial charge in [-0.15, -0.1) is 6.58 Å². The summed E-state index contributed by atoms with van der Waals surface area (Å²) in [5.41, 5.74) is 1.66. The number of rotatable bonds is 3. The lowest BCUT2D eigenvalue weighted by molar-refractivity contribution is 0.828. The summed E-state index contributed by atoms with van der Waals surface area (Å²) in [6.45, 7) is 10.1. The van der Waals surface area contributed by atoms with Crippen LogP contribution in [0.3, 0.4) is 0 Å². The van der Waals surface area contributed by atoms with Gasteiger partial charge in [-0.2, -0.15) is 0 Å². The maximum Gasteiger partial charge on any atom is -0.0283 e. The first-order valence-electron chi connectivity index (χ1n) is 5.01. The normalized spacial score (nSPS) is 13.5. The molecule has 0 unspecified atom stereocenters. The Hall–Kier alpha value is -0.520. The molecule has 0 bridgehead atoms. The van der Waals surface area contributed by atoms with Crippen molar-refractivity contribution in [2.45, 2.75) is 46.5 Å². The fourth-order valence-electron chi connectivity index (χ4n) is 0.914. The molecule has 0 aliphatic heterocycles. The van der Waals surface area contributed by atoms with Crippen molar-refractivity contribution in [3.8, 4) is 0 Å². The van der Waals surface area contributed by atoms with Crippen molar-refractivity contribution in [2.75, 3.05) is 0 Å². The maximum absolute atomic E-state index is 3.55. The van der Waals surface area contributed by atoms with Crippen LogP contribution in [0.4, 0.5) is 0 Å². The fourth-order valence-corrected chi connectivity index (χ4v) is 0.914. The molecule has 1 aliphatic carbocycles. The van der Waals surface area contributed by atoms with Gasteiger partial charge < -0.3 is 0 Å². The lowest BCUT2D eigenvalue weighted by Gasteiger charge is -1.88. The molecule has 12 heavy (non-hydrogen) atoms. The molecule has 0 spiro atoms. The summed E-state index contributed by atoms with van der Waals surface area (Å²) in [6, 6.07) is 0. The van der Waals surface area contributed by atoms with Crippen LogP contribution in [0.1, 0.15) is 46.5 Å². The van der Waals surface area contributed by atoms with Gasteiger partial charge in [-0.1, -0.05) is 44.9 Å². The highest BCUT2D eigenvalue weighted by molar-refractivity contribution is 5.16. The summed E-state index contributed by atoms with van der Waals surface area (Å²) in [5, 5.41) is 0. The third-order valence-corrected chi connectivity index (χ3v) is 1.60. The summed E-state index contributed by atoms with van der Waals surface area (Å²) in [6.07, 6.45) is 9.42. The Morgan fingerprint density at radius 1 is 1.42 bits per heavy atom. The Bertz CT molecular complexity index is 134. The summed E-state index contributed by atoms with van der Waals surface area (Å²) < 4.78 is 0. The molecule has 0 aromatic rings. The molecule has 0 atom stereocenters. The van der Waals surface area contributed by atoms with Crippen molar-refractivity contribution in [2.24, 2.45) is 5.92 Å². The maximum atomic E-state index is 3.55. The molecule has 0 saturated heterocycles. The van der Waals surface area contributed by atoms with E-state index >= 15 is 0 Å². The number of allylic oxidation sites excluding steroid dienone is 3. The Morgan fingerprint density at radius 3 is 2.08 bits per heavy atom. The minimum Gasteiger partial charge on any atom is -0.103 e. The molecule has 0 aromatic heterocycles. The van der Waals surface area contributed by atoms with Crippen LogP contribution in [0, 0.1) is 5.92 Å². The van der Waals surface area contributed by atoms with Gasteiger partial charge in [0.05, 0.1) is 0 Å². The van der Waals surface area contributed by atoms with Crippen molar-refractivity contribution < 1.29 is 0 Å². The molecule has 0 heteroatoms. The van der Waals surface area contributed by atoms with Gasteiger partial charge in [0, 0.05) is 0 Å². The van der Waals surface area contributed by atoms with Crippen molar-refractivity contribution >= 4 is 0 Å². The minimum atomic E-state index is 0.775. The summed E-state index contributed by atoms with van der Waals surface area (Å²) in [4.78, 5) is 0. The molecule has 1 fully saturated rings. The minimum absolute atomic E-state index is 0.775. The molecule has 70 valence electrons. The van der Waals surface area contributed by atoms with E-state index in [0.717, 1.165) is 12.3 Å². The van der Waals surface area contributed by atoms with Gasteiger partial charge in [0.1, 0.15) is 0 Å². The van der Waals surface area contributed by atoms with E-state index in [1.807, 2.05) is 6.08 Å². The fraction of sp³-hybridized carbons (Fsp3) is 0.667. The van der Waals surface area contributed by atoms with Crippen LogP contribution in [-0.4, -0.2) is 0 Å². The van der Waals surface area contributed by atoms with Gasteiger partial charge in [-0.25, -0.2) is 0 Å². The zero-order valence-electron chi connectivity index (χ0n) is 8.77. The standard InChI is InChI=1S/C7H12.C5H10/c1-6(2)5-7-3-4-7;1-3-5-4-2/h5-6H,3-4H2,1-2H3;3H,1,4-5H2,2H3. The van der Waals surface area contributed by atoms with Gasteiger partial charge in [0.2, 0.25) is 0 Å². The molecule has 0 nitrogen and oxygen atoms in total. The lowest BCUT2D eigenvalue weighted by Crippen LogP contribution is -1.74. The molecular formula is C12H22. The van der Waals surface area contributed by atoms with Crippen LogP contribution in [0.5, 0.6) is 0 Å². The molecule has 0 heterocycles. The number of hydrogen-bond donors (Lipinski definition) is 0. The van der Waals surface area contributed by atoms with E-state index in [4.69, 9.17) is 0 Å². The molecular weight excluding hydrogens is 144 g/mol. The van der Waals surface area contributed by atoms with Crippen molar-refractivity contribution in [1.29, 1.82) is 0 Å². The van der Waals surface area contributed by atoms with Crippen molar-refractivity contribution in [3.05, 3.63) is 24.3 Å². The highest BCUT2D eigenvalue weighted by Gasteiger charge is 2.09. The first-order chi connectivity index (χ1) is 5.70. The van der Waals surface area contributed by atoms with Crippen LogP contribution in [0.15, 0.2) is 24.3 Å². The van der Waals surface area contributed by atoms with Crippen LogP contribution >= 0.6 is 0 Å². The van der Waals surface area contributed by atoms with Gasteiger partial charge >= 0.3 is 0 Å². The van der Waals surface area contributed by atoms with Crippen molar-refractivity contribution in [3.63, 3.8) is 0 Å². The van der Waals surface area contributed by atoms with E-state index < -0.39 is 0 Å². The topological polar surface area (TPSA) is 0 Å². The molecule has 0 N–H and O–H groups in total. The van der Waals surface area contributed by atoms with Crippen LogP contribution in [-0.2, 0) is 0 Å². The Labute approximate surface area is 77.4 Å². The van der Waals surface area contributed by atoms with E-state index in [1.165, 1.54) is 19.3 Å². The molecule has 1 saturated carbocycles.